The third-order valence-electron chi connectivity index (χ3n) is 4.77. The van der Waals surface area contributed by atoms with Crippen molar-refractivity contribution >= 4 is 16.9 Å². The number of aromatic nitrogens is 1. The Labute approximate surface area is 125 Å². The number of carboxylic acids is 1. The summed E-state index contributed by atoms with van der Waals surface area (Å²) in [5.74, 6) is -0.674. The van der Waals surface area contributed by atoms with Crippen molar-refractivity contribution < 1.29 is 9.90 Å². The zero-order valence-corrected chi connectivity index (χ0v) is 12.6. The van der Waals surface area contributed by atoms with Gasteiger partial charge in [-0.05, 0) is 41.8 Å². The summed E-state index contributed by atoms with van der Waals surface area (Å²) in [6.45, 7) is 1.99. The van der Waals surface area contributed by atoms with Crippen molar-refractivity contribution in [2.45, 2.75) is 57.4 Å². The zero-order chi connectivity index (χ0) is 14.8. The molecule has 1 fully saturated rings. The molecule has 0 bridgehead atoms. The molecule has 0 amide bonds. The van der Waals surface area contributed by atoms with Gasteiger partial charge in [0.15, 0.2) is 0 Å². The van der Waals surface area contributed by atoms with Gasteiger partial charge in [-0.2, -0.15) is 0 Å². The van der Waals surface area contributed by atoms with Crippen molar-refractivity contribution in [3.63, 3.8) is 0 Å². The molecule has 1 aromatic heterocycles. The van der Waals surface area contributed by atoms with Crippen molar-refractivity contribution in [1.29, 1.82) is 0 Å². The van der Waals surface area contributed by atoms with Crippen LogP contribution >= 0.6 is 0 Å². The quantitative estimate of drug-likeness (QED) is 0.882. The van der Waals surface area contributed by atoms with Crippen molar-refractivity contribution in [1.82, 2.24) is 4.57 Å². The van der Waals surface area contributed by atoms with E-state index in [-0.39, 0.29) is 12.3 Å². The molecule has 3 heteroatoms. The predicted octanol–water partition coefficient (Wildman–Crippen LogP) is 4.72. The number of fused-ring (bicyclic) bond motifs is 1. The summed E-state index contributed by atoms with van der Waals surface area (Å²) < 4.78 is 2.41. The lowest BCUT2D eigenvalue weighted by Crippen LogP contribution is -2.11. The van der Waals surface area contributed by atoms with E-state index in [9.17, 15) is 4.79 Å². The number of carboxylic acid groups (broad SMARTS) is 1. The highest BCUT2D eigenvalue weighted by Crippen LogP contribution is 2.33. The fraction of sp³-hybridized carbons (Fsp3) is 0.500. The average molecular weight is 285 g/mol. The van der Waals surface area contributed by atoms with Crippen molar-refractivity contribution in [3.8, 4) is 0 Å². The number of hydrogen-bond donors (Lipinski definition) is 1. The molecular formula is C18H23NO2. The average Bonchev–Trinajstić information content (AvgIpc) is 2.90. The van der Waals surface area contributed by atoms with Crippen LogP contribution in [0.5, 0.6) is 0 Å². The van der Waals surface area contributed by atoms with E-state index in [1.165, 1.54) is 43.0 Å². The lowest BCUT2D eigenvalue weighted by atomic mass is 9.94. The van der Waals surface area contributed by atoms with Crippen LogP contribution in [-0.4, -0.2) is 15.6 Å². The van der Waals surface area contributed by atoms with Crippen molar-refractivity contribution in [3.05, 3.63) is 36.0 Å². The van der Waals surface area contributed by atoms with E-state index in [1.807, 2.05) is 6.92 Å². The maximum absolute atomic E-state index is 10.9. The maximum atomic E-state index is 10.9. The summed E-state index contributed by atoms with van der Waals surface area (Å²) >= 11 is 0. The van der Waals surface area contributed by atoms with E-state index in [4.69, 9.17) is 5.11 Å². The van der Waals surface area contributed by atoms with E-state index < -0.39 is 5.97 Å². The highest BCUT2D eigenvalue weighted by atomic mass is 16.4. The Morgan fingerprint density at radius 1 is 1.29 bits per heavy atom. The van der Waals surface area contributed by atoms with Gasteiger partial charge < -0.3 is 9.67 Å². The number of nitrogens with zero attached hydrogens (tertiary/aromatic N) is 1. The summed E-state index contributed by atoms with van der Waals surface area (Å²) in [6.07, 6.45) is 8.91. The molecule has 0 saturated heterocycles. The van der Waals surface area contributed by atoms with Gasteiger partial charge in [0.1, 0.15) is 0 Å². The molecule has 1 saturated carbocycles. The van der Waals surface area contributed by atoms with Gasteiger partial charge in [0.25, 0.3) is 0 Å². The standard InChI is InChI=1S/C18H23NO2/c1-13(11-18(20)21)15-8-7-14-9-10-19(17(14)12-15)16-5-3-2-4-6-16/h7-10,12-13,16H,2-6,11H2,1H3,(H,20,21). The molecule has 2 aromatic rings. The normalized spacial score (nSPS) is 18.0. The topological polar surface area (TPSA) is 42.2 Å². The van der Waals surface area contributed by atoms with Crippen LogP contribution < -0.4 is 0 Å². The second-order valence-corrected chi connectivity index (χ2v) is 6.33. The molecule has 1 N–H and O–H groups in total. The summed E-state index contributed by atoms with van der Waals surface area (Å²) in [5.41, 5.74) is 2.39. The maximum Gasteiger partial charge on any atom is 0.303 e. The Morgan fingerprint density at radius 2 is 2.05 bits per heavy atom. The summed E-state index contributed by atoms with van der Waals surface area (Å²) in [5, 5.41) is 10.2. The van der Waals surface area contributed by atoms with E-state index in [0.717, 1.165) is 5.56 Å². The molecule has 1 aliphatic carbocycles. The minimum absolute atomic E-state index is 0.0570. The van der Waals surface area contributed by atoms with Gasteiger partial charge in [0.05, 0.1) is 6.42 Å². The van der Waals surface area contributed by atoms with Gasteiger partial charge in [-0.25, -0.2) is 0 Å². The number of hydrogen-bond acceptors (Lipinski definition) is 1. The molecule has 112 valence electrons. The van der Waals surface area contributed by atoms with Crippen LogP contribution in [0.2, 0.25) is 0 Å². The zero-order valence-electron chi connectivity index (χ0n) is 12.6. The van der Waals surface area contributed by atoms with Crippen LogP contribution in [0.25, 0.3) is 10.9 Å². The van der Waals surface area contributed by atoms with Crippen LogP contribution in [0.15, 0.2) is 30.5 Å². The Hall–Kier alpha value is -1.77. The monoisotopic (exact) mass is 285 g/mol. The molecule has 0 aliphatic heterocycles. The van der Waals surface area contributed by atoms with Crippen LogP contribution in [0.4, 0.5) is 0 Å². The molecule has 21 heavy (non-hydrogen) atoms. The number of benzene rings is 1. The molecule has 1 aromatic carbocycles. The second-order valence-electron chi connectivity index (χ2n) is 6.33. The number of rotatable bonds is 4. The summed E-state index contributed by atoms with van der Waals surface area (Å²) in [7, 11) is 0. The third kappa shape index (κ3) is 2.97. The highest BCUT2D eigenvalue weighted by molar-refractivity contribution is 5.81. The molecule has 3 nitrogen and oxygen atoms in total. The fourth-order valence-electron chi connectivity index (χ4n) is 3.53. The van der Waals surface area contributed by atoms with E-state index >= 15 is 0 Å². The Kier molecular flexibility index (Phi) is 4.00. The molecular weight excluding hydrogens is 262 g/mol. The van der Waals surface area contributed by atoms with Gasteiger partial charge in [-0.3, -0.25) is 4.79 Å². The first-order valence-electron chi connectivity index (χ1n) is 7.97. The number of carbonyl (C=O) groups is 1. The first-order chi connectivity index (χ1) is 10.1. The minimum atomic E-state index is -0.731. The molecule has 1 heterocycles. The minimum Gasteiger partial charge on any atom is -0.481 e. The number of aliphatic carboxylic acids is 1. The van der Waals surface area contributed by atoms with Crippen LogP contribution in [0.3, 0.4) is 0 Å². The summed E-state index contributed by atoms with van der Waals surface area (Å²) in [4.78, 5) is 10.9. The Balaban J connectivity index is 1.93. The fourth-order valence-corrected chi connectivity index (χ4v) is 3.53. The van der Waals surface area contributed by atoms with Crippen LogP contribution in [0, 0.1) is 0 Å². The molecule has 1 atom stereocenters. The second kappa shape index (κ2) is 5.92. The molecule has 0 spiro atoms. The van der Waals surface area contributed by atoms with Gasteiger partial charge >= 0.3 is 5.97 Å². The SMILES string of the molecule is CC(CC(=O)O)c1ccc2ccn(C3CCCCC3)c2c1. The first-order valence-corrected chi connectivity index (χ1v) is 7.97. The largest absolute Gasteiger partial charge is 0.481 e. The lowest BCUT2D eigenvalue weighted by molar-refractivity contribution is -0.137. The van der Waals surface area contributed by atoms with Crippen molar-refractivity contribution in [2.24, 2.45) is 0 Å². The third-order valence-corrected chi connectivity index (χ3v) is 4.77. The molecule has 1 unspecified atom stereocenters. The van der Waals surface area contributed by atoms with Gasteiger partial charge in [-0.15, -0.1) is 0 Å². The van der Waals surface area contributed by atoms with Crippen LogP contribution in [0.1, 0.15) is 63.0 Å². The van der Waals surface area contributed by atoms with Crippen molar-refractivity contribution in [2.75, 3.05) is 0 Å². The Morgan fingerprint density at radius 3 is 2.76 bits per heavy atom. The van der Waals surface area contributed by atoms with E-state index in [2.05, 4.69) is 35.0 Å². The molecule has 0 radical (unpaired) electrons. The lowest BCUT2D eigenvalue weighted by Gasteiger charge is -2.24. The van der Waals surface area contributed by atoms with E-state index in [0.29, 0.717) is 6.04 Å². The highest BCUT2D eigenvalue weighted by Gasteiger charge is 2.17. The smallest absolute Gasteiger partial charge is 0.303 e. The van der Waals surface area contributed by atoms with Crippen LogP contribution in [-0.2, 0) is 4.79 Å². The Bertz CT molecular complexity index is 638. The van der Waals surface area contributed by atoms with Gasteiger partial charge in [-0.1, -0.05) is 38.3 Å². The molecule has 3 rings (SSSR count). The van der Waals surface area contributed by atoms with E-state index in [1.54, 1.807) is 0 Å². The predicted molar refractivity (Wildman–Crippen MR) is 84.7 cm³/mol. The first kappa shape index (κ1) is 14.2. The van der Waals surface area contributed by atoms with Gasteiger partial charge in [0.2, 0.25) is 0 Å². The molecule has 1 aliphatic rings. The van der Waals surface area contributed by atoms with Gasteiger partial charge in [0, 0.05) is 17.8 Å². The summed E-state index contributed by atoms with van der Waals surface area (Å²) in [6, 6.07) is 9.18.